The van der Waals surface area contributed by atoms with Crippen molar-refractivity contribution in [1.29, 1.82) is 5.26 Å². The number of hydrogen-bond acceptors (Lipinski definition) is 6. The van der Waals surface area contributed by atoms with E-state index in [4.69, 9.17) is 10.5 Å². The van der Waals surface area contributed by atoms with Gasteiger partial charge in [0.05, 0.1) is 24.7 Å². The van der Waals surface area contributed by atoms with Crippen LogP contribution in [0.15, 0.2) is 59.1 Å². The van der Waals surface area contributed by atoms with Crippen molar-refractivity contribution < 1.29 is 9.53 Å². The van der Waals surface area contributed by atoms with Gasteiger partial charge in [0.15, 0.2) is 5.78 Å². The fourth-order valence-electron chi connectivity index (χ4n) is 4.56. The second-order valence-corrected chi connectivity index (χ2v) is 10.0. The largest absolute Gasteiger partial charge is 0.497 e. The number of nitrogens with zero attached hydrogens (tertiary/aromatic N) is 2. The molecule has 0 saturated carbocycles. The Bertz CT molecular complexity index is 1130. The zero-order chi connectivity index (χ0) is 22.3. The first-order valence-electron chi connectivity index (χ1n) is 10.5. The Balaban J connectivity index is 1.95. The number of Topliss-reactive ketones (excluding diaryl/α,β-unsaturated/α-hetero) is 1. The van der Waals surface area contributed by atoms with E-state index in [9.17, 15) is 10.1 Å². The predicted molar refractivity (Wildman–Crippen MR) is 124 cm³/mol. The van der Waals surface area contributed by atoms with E-state index < -0.39 is 5.92 Å². The highest BCUT2D eigenvalue weighted by Gasteiger charge is 2.45. The first-order chi connectivity index (χ1) is 14.8. The number of aryl methyl sites for hydroxylation is 1. The van der Waals surface area contributed by atoms with Crippen LogP contribution in [-0.2, 0) is 11.2 Å². The molecule has 1 unspecified atom stereocenters. The molecule has 5 nitrogen and oxygen atoms in total. The molecule has 1 aliphatic carbocycles. The molecule has 2 heterocycles. The summed E-state index contributed by atoms with van der Waals surface area (Å²) in [4.78, 5) is 17.6. The summed E-state index contributed by atoms with van der Waals surface area (Å²) >= 11 is 1.66. The van der Waals surface area contributed by atoms with Gasteiger partial charge in [-0.2, -0.15) is 5.26 Å². The molecule has 1 aliphatic heterocycles. The molecular weight excluding hydrogens is 406 g/mol. The van der Waals surface area contributed by atoms with Crippen LogP contribution < -0.4 is 15.4 Å². The summed E-state index contributed by atoms with van der Waals surface area (Å²) in [6.45, 7) is 6.32. The zero-order valence-corrected chi connectivity index (χ0v) is 19.2. The smallest absolute Gasteiger partial charge is 0.162 e. The molecule has 1 aromatic carbocycles. The molecule has 0 saturated heterocycles. The fourth-order valence-corrected chi connectivity index (χ4v) is 5.63. The van der Waals surface area contributed by atoms with E-state index in [2.05, 4.69) is 32.9 Å². The van der Waals surface area contributed by atoms with Crippen LogP contribution in [0.1, 0.15) is 49.3 Å². The SMILES string of the molecule is CCc1ccc(C2C(C#N)=C(N)N(c3ccc(OC)cc3)C3=C2C(=O)CC(C)(C)C3)s1. The Kier molecular flexibility index (Phi) is 5.40. The van der Waals surface area contributed by atoms with Crippen LogP contribution in [0.25, 0.3) is 0 Å². The number of carbonyl (C=O) groups is 1. The van der Waals surface area contributed by atoms with Gasteiger partial charge >= 0.3 is 0 Å². The highest BCUT2D eigenvalue weighted by atomic mass is 32.1. The summed E-state index contributed by atoms with van der Waals surface area (Å²) in [5.74, 6) is 0.833. The predicted octanol–water partition coefficient (Wildman–Crippen LogP) is 5.26. The summed E-state index contributed by atoms with van der Waals surface area (Å²) in [6, 6.07) is 14.0. The summed E-state index contributed by atoms with van der Waals surface area (Å²) in [6.07, 6.45) is 2.09. The minimum absolute atomic E-state index is 0.0986. The lowest BCUT2D eigenvalue weighted by atomic mass is 9.69. The Morgan fingerprint density at radius 2 is 1.94 bits per heavy atom. The molecule has 0 fully saturated rings. The molecule has 31 heavy (non-hydrogen) atoms. The number of hydrogen-bond donors (Lipinski definition) is 1. The van der Waals surface area contributed by atoms with Crippen LogP contribution >= 0.6 is 11.3 Å². The summed E-state index contributed by atoms with van der Waals surface area (Å²) in [5, 5.41) is 10.1. The number of ether oxygens (including phenoxy) is 1. The topological polar surface area (TPSA) is 79.3 Å². The third kappa shape index (κ3) is 3.64. The highest BCUT2D eigenvalue weighted by molar-refractivity contribution is 7.12. The fraction of sp³-hybridized carbons (Fsp3) is 0.360. The van der Waals surface area contributed by atoms with Gasteiger partial charge in [0.1, 0.15) is 11.6 Å². The lowest BCUT2D eigenvalue weighted by molar-refractivity contribution is -0.118. The van der Waals surface area contributed by atoms with Crippen LogP contribution in [-0.4, -0.2) is 12.9 Å². The van der Waals surface area contributed by atoms with Gasteiger partial charge in [-0.3, -0.25) is 9.69 Å². The van der Waals surface area contributed by atoms with Crippen LogP contribution in [0.5, 0.6) is 5.75 Å². The first-order valence-corrected chi connectivity index (χ1v) is 11.3. The van der Waals surface area contributed by atoms with Gasteiger partial charge in [-0.05, 0) is 54.7 Å². The standard InChI is InChI=1S/C25H27N3O2S/c1-5-17-10-11-21(31-17)22-18(14-26)24(27)28(15-6-8-16(30-4)9-7-15)19-12-25(2,3)13-20(29)23(19)22/h6-11,22H,5,12-13,27H2,1-4H3. The molecule has 160 valence electrons. The van der Waals surface area contributed by atoms with E-state index in [0.717, 1.165) is 28.4 Å². The monoisotopic (exact) mass is 433 g/mol. The van der Waals surface area contributed by atoms with Gasteiger partial charge in [0.25, 0.3) is 0 Å². The molecule has 2 aromatic rings. The molecule has 6 heteroatoms. The van der Waals surface area contributed by atoms with Crippen molar-refractivity contribution in [2.75, 3.05) is 12.0 Å². The molecule has 1 aromatic heterocycles. The van der Waals surface area contributed by atoms with E-state index in [1.54, 1.807) is 18.4 Å². The number of methoxy groups -OCH3 is 1. The molecule has 2 N–H and O–H groups in total. The minimum atomic E-state index is -0.400. The number of thiophene rings is 1. The van der Waals surface area contributed by atoms with Crippen LogP contribution in [0.3, 0.4) is 0 Å². The van der Waals surface area contributed by atoms with Crippen molar-refractivity contribution in [2.24, 2.45) is 11.1 Å². The van der Waals surface area contributed by atoms with Gasteiger partial charge < -0.3 is 10.5 Å². The number of rotatable bonds is 4. The number of anilines is 1. The van der Waals surface area contributed by atoms with Crippen molar-refractivity contribution >= 4 is 22.8 Å². The second-order valence-electron chi connectivity index (χ2n) is 8.84. The Morgan fingerprint density at radius 3 is 2.52 bits per heavy atom. The zero-order valence-electron chi connectivity index (χ0n) is 18.4. The molecule has 0 bridgehead atoms. The van der Waals surface area contributed by atoms with Crippen LogP contribution in [0.2, 0.25) is 0 Å². The van der Waals surface area contributed by atoms with E-state index in [1.807, 2.05) is 35.2 Å². The molecule has 1 atom stereocenters. The van der Waals surface area contributed by atoms with Crippen LogP contribution in [0.4, 0.5) is 5.69 Å². The molecule has 0 amide bonds. The van der Waals surface area contributed by atoms with E-state index in [-0.39, 0.29) is 11.2 Å². The second kappa shape index (κ2) is 7.90. The maximum absolute atomic E-state index is 13.5. The summed E-state index contributed by atoms with van der Waals surface area (Å²) in [5.41, 5.74) is 9.35. The minimum Gasteiger partial charge on any atom is -0.497 e. The average Bonchev–Trinajstić information content (AvgIpc) is 3.21. The third-order valence-electron chi connectivity index (χ3n) is 6.03. The van der Waals surface area contributed by atoms with Crippen molar-refractivity contribution in [3.63, 3.8) is 0 Å². The van der Waals surface area contributed by atoms with E-state index in [1.165, 1.54) is 4.88 Å². The Morgan fingerprint density at radius 1 is 1.23 bits per heavy atom. The van der Waals surface area contributed by atoms with E-state index in [0.29, 0.717) is 29.8 Å². The average molecular weight is 434 g/mol. The lowest BCUT2D eigenvalue weighted by Gasteiger charge is -2.43. The first kappa shape index (κ1) is 21.2. The summed E-state index contributed by atoms with van der Waals surface area (Å²) in [7, 11) is 1.62. The van der Waals surface area contributed by atoms with Crippen molar-refractivity contribution in [1.82, 2.24) is 0 Å². The maximum Gasteiger partial charge on any atom is 0.162 e. The van der Waals surface area contributed by atoms with Gasteiger partial charge in [-0.15, -0.1) is 11.3 Å². The number of ketones is 1. The number of benzene rings is 1. The number of nitrogens with two attached hydrogens (primary N) is 1. The van der Waals surface area contributed by atoms with Crippen molar-refractivity contribution in [3.05, 3.63) is 68.8 Å². The van der Waals surface area contributed by atoms with E-state index >= 15 is 0 Å². The Labute approximate surface area is 187 Å². The number of carbonyl (C=O) groups excluding carboxylic acids is 1. The van der Waals surface area contributed by atoms with Crippen molar-refractivity contribution in [2.45, 2.75) is 46.0 Å². The third-order valence-corrected chi connectivity index (χ3v) is 7.32. The maximum atomic E-state index is 13.5. The number of allylic oxidation sites excluding steroid dienone is 3. The lowest BCUT2D eigenvalue weighted by Crippen LogP contribution is -2.42. The van der Waals surface area contributed by atoms with Gasteiger partial charge in [0, 0.05) is 33.1 Å². The van der Waals surface area contributed by atoms with Crippen molar-refractivity contribution in [3.8, 4) is 11.8 Å². The molecule has 2 aliphatic rings. The molecule has 4 rings (SSSR count). The number of nitriles is 1. The quantitative estimate of drug-likeness (QED) is 0.711. The Hall–Kier alpha value is -3.04. The normalized spacial score (nSPS) is 20.5. The van der Waals surface area contributed by atoms with Gasteiger partial charge in [0.2, 0.25) is 0 Å². The summed E-state index contributed by atoms with van der Waals surface area (Å²) < 4.78 is 5.29. The van der Waals surface area contributed by atoms with Gasteiger partial charge in [-0.1, -0.05) is 20.8 Å². The molecule has 0 radical (unpaired) electrons. The molecular formula is C25H27N3O2S. The highest BCUT2D eigenvalue weighted by Crippen LogP contribution is 2.51. The molecule has 0 spiro atoms. The van der Waals surface area contributed by atoms with Gasteiger partial charge in [-0.25, -0.2) is 0 Å². The van der Waals surface area contributed by atoms with Crippen LogP contribution in [0, 0.1) is 16.7 Å².